The monoisotopic (exact) mass is 209 g/mol. The maximum atomic E-state index is 11.1. The van der Waals surface area contributed by atoms with E-state index in [4.69, 9.17) is 0 Å². The van der Waals surface area contributed by atoms with Gasteiger partial charge in [-0.25, -0.2) is 0 Å². The van der Waals surface area contributed by atoms with Crippen molar-refractivity contribution in [1.82, 2.24) is 20.8 Å². The number of rotatable bonds is 5. The molecular weight excluding hydrogens is 194 g/mol. The Balaban J connectivity index is 2.52. The molecule has 0 saturated carbocycles. The van der Waals surface area contributed by atoms with Crippen molar-refractivity contribution in [3.8, 4) is 0 Å². The molecule has 15 heavy (non-hydrogen) atoms. The van der Waals surface area contributed by atoms with Crippen LogP contribution < -0.4 is 16.0 Å². The molecule has 82 valence electrons. The second-order valence-electron chi connectivity index (χ2n) is 2.91. The molecule has 6 nitrogen and oxygen atoms in total. The highest BCUT2D eigenvalue weighted by Crippen LogP contribution is 2.00. The number of likely N-dealkylation sites (N-methyl/N-ethyl adjacent to an activating group) is 1. The van der Waals surface area contributed by atoms with E-state index in [1.165, 1.54) is 0 Å². The fourth-order valence-corrected chi connectivity index (χ4v) is 0.991. The SMILES string of the molecule is CNCCNc1ccc(C(=O)NC)nn1. The van der Waals surface area contributed by atoms with Crippen molar-refractivity contribution < 1.29 is 4.79 Å². The van der Waals surface area contributed by atoms with Crippen LogP contribution in [0.4, 0.5) is 5.82 Å². The summed E-state index contributed by atoms with van der Waals surface area (Å²) in [5.74, 6) is 0.433. The molecule has 0 aliphatic rings. The van der Waals surface area contributed by atoms with Crippen molar-refractivity contribution in [2.45, 2.75) is 0 Å². The summed E-state index contributed by atoms with van der Waals surface area (Å²) in [6.45, 7) is 1.61. The average Bonchev–Trinajstić information content (AvgIpc) is 2.29. The lowest BCUT2D eigenvalue weighted by atomic mass is 10.3. The maximum absolute atomic E-state index is 11.1. The van der Waals surface area contributed by atoms with Gasteiger partial charge in [-0.2, -0.15) is 0 Å². The lowest BCUT2D eigenvalue weighted by Crippen LogP contribution is -2.21. The van der Waals surface area contributed by atoms with Crippen molar-refractivity contribution in [1.29, 1.82) is 0 Å². The molecule has 0 spiro atoms. The van der Waals surface area contributed by atoms with Gasteiger partial charge in [0.2, 0.25) is 0 Å². The van der Waals surface area contributed by atoms with E-state index in [0.29, 0.717) is 11.5 Å². The zero-order valence-corrected chi connectivity index (χ0v) is 8.87. The zero-order chi connectivity index (χ0) is 11.1. The highest BCUT2D eigenvalue weighted by atomic mass is 16.1. The quantitative estimate of drug-likeness (QED) is 0.568. The molecule has 1 amide bonds. The molecule has 0 saturated heterocycles. The van der Waals surface area contributed by atoms with Crippen LogP contribution in [0.1, 0.15) is 10.5 Å². The number of hydrogen-bond donors (Lipinski definition) is 3. The van der Waals surface area contributed by atoms with Crippen LogP contribution in [0, 0.1) is 0 Å². The number of hydrogen-bond acceptors (Lipinski definition) is 5. The van der Waals surface area contributed by atoms with Crippen molar-refractivity contribution >= 4 is 11.7 Å². The van der Waals surface area contributed by atoms with E-state index in [1.54, 1.807) is 19.2 Å². The van der Waals surface area contributed by atoms with Crippen molar-refractivity contribution in [3.05, 3.63) is 17.8 Å². The van der Waals surface area contributed by atoms with E-state index in [1.807, 2.05) is 7.05 Å². The zero-order valence-electron chi connectivity index (χ0n) is 8.87. The topological polar surface area (TPSA) is 78.9 Å². The summed E-state index contributed by atoms with van der Waals surface area (Å²) in [5, 5.41) is 16.2. The van der Waals surface area contributed by atoms with Crippen LogP contribution in [-0.2, 0) is 0 Å². The van der Waals surface area contributed by atoms with Crippen molar-refractivity contribution in [3.63, 3.8) is 0 Å². The average molecular weight is 209 g/mol. The molecule has 1 heterocycles. The van der Waals surface area contributed by atoms with Crippen LogP contribution in [0.3, 0.4) is 0 Å². The predicted octanol–water partition coefficient (Wildman–Crippen LogP) is -0.532. The van der Waals surface area contributed by atoms with E-state index >= 15 is 0 Å². The third-order valence-electron chi connectivity index (χ3n) is 1.81. The van der Waals surface area contributed by atoms with Gasteiger partial charge in [0.25, 0.3) is 5.91 Å². The summed E-state index contributed by atoms with van der Waals surface area (Å²) in [5.41, 5.74) is 0.316. The van der Waals surface area contributed by atoms with Crippen LogP contribution in [0.5, 0.6) is 0 Å². The highest BCUT2D eigenvalue weighted by Gasteiger charge is 2.04. The Labute approximate surface area is 88.5 Å². The van der Waals surface area contributed by atoms with Gasteiger partial charge in [0.05, 0.1) is 0 Å². The van der Waals surface area contributed by atoms with Crippen molar-refractivity contribution in [2.24, 2.45) is 0 Å². The van der Waals surface area contributed by atoms with Gasteiger partial charge < -0.3 is 16.0 Å². The molecule has 0 bridgehead atoms. The lowest BCUT2D eigenvalue weighted by Gasteiger charge is -2.04. The van der Waals surface area contributed by atoms with Gasteiger partial charge in [-0.1, -0.05) is 0 Å². The number of amides is 1. The number of aromatic nitrogens is 2. The molecule has 0 radical (unpaired) electrons. The third-order valence-corrected chi connectivity index (χ3v) is 1.81. The molecule has 3 N–H and O–H groups in total. The molecule has 0 fully saturated rings. The Morgan fingerprint density at radius 1 is 1.27 bits per heavy atom. The summed E-state index contributed by atoms with van der Waals surface area (Å²) in [6, 6.07) is 3.36. The number of nitrogens with zero attached hydrogens (tertiary/aromatic N) is 2. The Morgan fingerprint density at radius 3 is 2.60 bits per heavy atom. The predicted molar refractivity (Wildman–Crippen MR) is 57.8 cm³/mol. The van der Waals surface area contributed by atoms with Gasteiger partial charge in [0.1, 0.15) is 5.82 Å². The van der Waals surface area contributed by atoms with Crippen LogP contribution in [0.15, 0.2) is 12.1 Å². The molecule has 0 unspecified atom stereocenters. The maximum Gasteiger partial charge on any atom is 0.271 e. The summed E-state index contributed by atoms with van der Waals surface area (Å²) in [4.78, 5) is 11.1. The minimum Gasteiger partial charge on any atom is -0.367 e. The summed E-state index contributed by atoms with van der Waals surface area (Å²) >= 11 is 0. The summed E-state index contributed by atoms with van der Waals surface area (Å²) in [6.07, 6.45) is 0. The van der Waals surface area contributed by atoms with Gasteiger partial charge in [-0.15, -0.1) is 10.2 Å². The van der Waals surface area contributed by atoms with Gasteiger partial charge >= 0.3 is 0 Å². The minimum absolute atomic E-state index is 0.232. The number of carbonyl (C=O) groups excluding carboxylic acids is 1. The molecule has 6 heteroatoms. The second kappa shape index (κ2) is 5.92. The molecule has 0 aliphatic carbocycles. The Kier molecular flexibility index (Phi) is 4.49. The summed E-state index contributed by atoms with van der Waals surface area (Å²) in [7, 11) is 3.44. The van der Waals surface area contributed by atoms with Gasteiger partial charge in [-0.3, -0.25) is 4.79 Å². The van der Waals surface area contributed by atoms with Crippen LogP contribution >= 0.6 is 0 Å². The van der Waals surface area contributed by atoms with Gasteiger partial charge in [0, 0.05) is 20.1 Å². The fourth-order valence-electron chi connectivity index (χ4n) is 0.991. The third kappa shape index (κ3) is 3.51. The molecule has 0 aromatic carbocycles. The van der Waals surface area contributed by atoms with Gasteiger partial charge in [-0.05, 0) is 19.2 Å². The Morgan fingerprint density at radius 2 is 2.07 bits per heavy atom. The van der Waals surface area contributed by atoms with Crippen LogP contribution in [0.2, 0.25) is 0 Å². The number of carbonyl (C=O) groups is 1. The van der Waals surface area contributed by atoms with E-state index in [2.05, 4.69) is 26.1 Å². The number of anilines is 1. The molecular formula is C9H15N5O. The van der Waals surface area contributed by atoms with Crippen LogP contribution in [-0.4, -0.2) is 43.3 Å². The molecule has 1 rings (SSSR count). The highest BCUT2D eigenvalue weighted by molar-refractivity contribution is 5.91. The lowest BCUT2D eigenvalue weighted by molar-refractivity contribution is 0.0957. The minimum atomic E-state index is -0.232. The Bertz CT molecular complexity index is 311. The van der Waals surface area contributed by atoms with Crippen molar-refractivity contribution in [2.75, 3.05) is 32.5 Å². The standard InChI is InChI=1S/C9H15N5O/c1-10-5-6-12-8-4-3-7(13-14-8)9(15)11-2/h3-4,10H,5-6H2,1-2H3,(H,11,15)(H,12,14). The molecule has 1 aromatic heterocycles. The first-order valence-corrected chi connectivity index (χ1v) is 4.72. The first kappa shape index (κ1) is 11.4. The van der Waals surface area contributed by atoms with E-state index in [0.717, 1.165) is 13.1 Å². The van der Waals surface area contributed by atoms with Gasteiger partial charge in [0.15, 0.2) is 5.69 Å². The Hall–Kier alpha value is -1.69. The molecule has 0 aliphatic heterocycles. The van der Waals surface area contributed by atoms with Crippen LogP contribution in [0.25, 0.3) is 0 Å². The summed E-state index contributed by atoms with van der Waals surface area (Å²) < 4.78 is 0. The molecule has 0 atom stereocenters. The fraction of sp³-hybridized carbons (Fsp3) is 0.444. The van der Waals surface area contributed by atoms with E-state index in [-0.39, 0.29) is 5.91 Å². The van der Waals surface area contributed by atoms with E-state index in [9.17, 15) is 4.79 Å². The molecule has 1 aromatic rings. The largest absolute Gasteiger partial charge is 0.367 e. The number of nitrogens with one attached hydrogen (secondary N) is 3. The van der Waals surface area contributed by atoms with E-state index < -0.39 is 0 Å². The normalized spacial score (nSPS) is 9.73. The first-order chi connectivity index (χ1) is 7.27. The smallest absolute Gasteiger partial charge is 0.271 e. The first-order valence-electron chi connectivity index (χ1n) is 4.72. The second-order valence-corrected chi connectivity index (χ2v) is 2.91.